The van der Waals surface area contributed by atoms with E-state index in [1.54, 1.807) is 6.92 Å². The van der Waals surface area contributed by atoms with E-state index in [-0.39, 0.29) is 23.4 Å². The first-order valence-electron chi connectivity index (χ1n) is 8.43. The van der Waals surface area contributed by atoms with Crippen LogP contribution in [-0.2, 0) is 9.59 Å². The Morgan fingerprint density at radius 3 is 1.76 bits per heavy atom. The molecule has 0 bridgehead atoms. The van der Waals surface area contributed by atoms with E-state index in [0.717, 1.165) is 12.8 Å². The summed E-state index contributed by atoms with van der Waals surface area (Å²) in [7, 11) is 0. The lowest BCUT2D eigenvalue weighted by molar-refractivity contribution is -0.124. The Morgan fingerprint density at radius 1 is 0.905 bits per heavy atom. The quantitative estimate of drug-likeness (QED) is 0.602. The summed E-state index contributed by atoms with van der Waals surface area (Å²) in [6, 6.07) is 0. The number of aliphatic hydroxyl groups excluding tert-OH is 1. The maximum Gasteiger partial charge on any atom is 0.137 e. The van der Waals surface area contributed by atoms with Gasteiger partial charge in [-0.05, 0) is 13.3 Å². The Balaban J connectivity index is 0. The van der Waals surface area contributed by atoms with Crippen molar-refractivity contribution in [1.82, 2.24) is 0 Å². The summed E-state index contributed by atoms with van der Waals surface area (Å²) in [6.07, 6.45) is 6.71. The summed E-state index contributed by atoms with van der Waals surface area (Å²) in [5, 5.41) is 9.60. The van der Waals surface area contributed by atoms with Gasteiger partial charge in [0.2, 0.25) is 0 Å². The van der Waals surface area contributed by atoms with Crippen LogP contribution >= 0.6 is 0 Å². The highest BCUT2D eigenvalue weighted by Crippen LogP contribution is 2.11. The highest BCUT2D eigenvalue weighted by atomic mass is 16.3. The summed E-state index contributed by atoms with van der Waals surface area (Å²) in [5.74, 6) is 0.704. The molecular weight excluding hydrogens is 264 g/mol. The number of Topliss-reactive ketones (excluding diaryl/α,β-unsaturated/α-hetero) is 2. The molecule has 0 rings (SSSR count). The summed E-state index contributed by atoms with van der Waals surface area (Å²) in [6.45, 7) is 11.3. The van der Waals surface area contributed by atoms with Gasteiger partial charge in [-0.3, -0.25) is 9.59 Å². The maximum atomic E-state index is 11.3. The number of carbonyl (C=O) groups excluding carboxylic acids is 2. The van der Waals surface area contributed by atoms with Crippen molar-refractivity contribution < 1.29 is 14.7 Å². The largest absolute Gasteiger partial charge is 0.393 e. The second kappa shape index (κ2) is 14.2. The van der Waals surface area contributed by atoms with Crippen molar-refractivity contribution in [3.05, 3.63) is 0 Å². The molecule has 3 heteroatoms. The molecule has 0 fully saturated rings. The molecule has 0 aliphatic rings. The topological polar surface area (TPSA) is 54.4 Å². The Kier molecular flexibility index (Phi) is 15.3. The van der Waals surface area contributed by atoms with E-state index in [1.807, 2.05) is 27.7 Å². The van der Waals surface area contributed by atoms with Crippen LogP contribution in [-0.4, -0.2) is 22.8 Å². The molecule has 0 amide bonds. The average Bonchev–Trinajstić information content (AvgIpc) is 2.38. The lowest BCUT2D eigenvalue weighted by Crippen LogP contribution is -2.17. The van der Waals surface area contributed by atoms with E-state index in [2.05, 4.69) is 6.92 Å². The van der Waals surface area contributed by atoms with Crippen molar-refractivity contribution in [2.24, 2.45) is 11.8 Å². The van der Waals surface area contributed by atoms with Crippen molar-refractivity contribution in [2.75, 3.05) is 0 Å². The van der Waals surface area contributed by atoms with Crippen LogP contribution in [0.5, 0.6) is 0 Å². The molecule has 0 aromatic carbocycles. The van der Waals surface area contributed by atoms with Crippen LogP contribution < -0.4 is 0 Å². The van der Waals surface area contributed by atoms with E-state index in [9.17, 15) is 14.7 Å². The van der Waals surface area contributed by atoms with Crippen molar-refractivity contribution in [3.8, 4) is 0 Å². The van der Waals surface area contributed by atoms with Crippen LogP contribution in [0.4, 0.5) is 0 Å². The summed E-state index contributed by atoms with van der Waals surface area (Å²) in [4.78, 5) is 21.5. The minimum absolute atomic E-state index is 0.0553. The van der Waals surface area contributed by atoms with Gasteiger partial charge in [-0.1, -0.05) is 66.7 Å². The summed E-state index contributed by atoms with van der Waals surface area (Å²) >= 11 is 0. The molecule has 3 nitrogen and oxygen atoms in total. The zero-order valence-corrected chi connectivity index (χ0v) is 14.9. The van der Waals surface area contributed by atoms with Gasteiger partial charge in [-0.15, -0.1) is 0 Å². The number of ketones is 2. The molecule has 0 heterocycles. The van der Waals surface area contributed by atoms with Crippen molar-refractivity contribution in [1.29, 1.82) is 0 Å². The van der Waals surface area contributed by atoms with E-state index in [1.165, 1.54) is 25.7 Å². The summed E-state index contributed by atoms with van der Waals surface area (Å²) in [5.41, 5.74) is 0. The maximum absolute atomic E-state index is 11.3. The van der Waals surface area contributed by atoms with Gasteiger partial charge in [0.05, 0.1) is 6.10 Å². The van der Waals surface area contributed by atoms with Gasteiger partial charge in [0.15, 0.2) is 0 Å². The third-order valence-electron chi connectivity index (χ3n) is 3.53. The molecule has 126 valence electrons. The smallest absolute Gasteiger partial charge is 0.137 e. The van der Waals surface area contributed by atoms with Gasteiger partial charge in [0.25, 0.3) is 0 Å². The standard InChI is InChI=1S/C13H26O2.C5H10O/c1-4-5-6-7-8-9-12(14)10-13(15)11(2)3;1-4(2)5(3)6/h11-12,14H,4-10H2,1-3H3;4H,1-3H3. The fraction of sp³-hybridized carbons (Fsp3) is 0.889. The van der Waals surface area contributed by atoms with Gasteiger partial charge in [0.1, 0.15) is 11.6 Å². The molecule has 0 aliphatic carbocycles. The minimum Gasteiger partial charge on any atom is -0.393 e. The van der Waals surface area contributed by atoms with Gasteiger partial charge in [-0.2, -0.15) is 0 Å². The van der Waals surface area contributed by atoms with E-state index in [4.69, 9.17) is 0 Å². The fourth-order valence-corrected chi connectivity index (χ4v) is 1.55. The van der Waals surface area contributed by atoms with Gasteiger partial charge < -0.3 is 5.11 Å². The molecule has 1 N–H and O–H groups in total. The first-order chi connectivity index (χ1) is 9.72. The number of carbonyl (C=O) groups is 2. The first kappa shape index (κ1) is 22.6. The third-order valence-corrected chi connectivity index (χ3v) is 3.53. The second-order valence-corrected chi connectivity index (χ2v) is 6.45. The minimum atomic E-state index is -0.415. The van der Waals surface area contributed by atoms with E-state index in [0.29, 0.717) is 6.42 Å². The fourth-order valence-electron chi connectivity index (χ4n) is 1.55. The Morgan fingerprint density at radius 2 is 1.38 bits per heavy atom. The monoisotopic (exact) mass is 300 g/mol. The molecule has 0 aromatic heterocycles. The van der Waals surface area contributed by atoms with E-state index < -0.39 is 6.10 Å². The summed E-state index contributed by atoms with van der Waals surface area (Å²) < 4.78 is 0. The highest BCUT2D eigenvalue weighted by Gasteiger charge is 2.13. The van der Waals surface area contributed by atoms with Crippen LogP contribution in [0.25, 0.3) is 0 Å². The van der Waals surface area contributed by atoms with Gasteiger partial charge in [0, 0.05) is 18.3 Å². The molecule has 1 unspecified atom stereocenters. The lowest BCUT2D eigenvalue weighted by atomic mass is 9.99. The third kappa shape index (κ3) is 17.2. The SMILES string of the molecule is CC(=O)C(C)C.CCCCCCCC(O)CC(=O)C(C)C. The van der Waals surface area contributed by atoms with Crippen LogP contribution in [0.1, 0.15) is 86.5 Å². The Labute approximate surface area is 131 Å². The predicted molar refractivity (Wildman–Crippen MR) is 89.4 cm³/mol. The predicted octanol–water partition coefficient (Wildman–Crippen LogP) is 4.55. The number of hydrogen-bond donors (Lipinski definition) is 1. The van der Waals surface area contributed by atoms with Crippen LogP contribution in [0.3, 0.4) is 0 Å². The van der Waals surface area contributed by atoms with Crippen LogP contribution in [0.15, 0.2) is 0 Å². The molecule has 0 aliphatic heterocycles. The molecule has 0 aromatic rings. The van der Waals surface area contributed by atoms with Gasteiger partial charge >= 0.3 is 0 Å². The normalized spacial score (nSPS) is 12.0. The Hall–Kier alpha value is -0.700. The molecule has 1 atom stereocenters. The molecule has 21 heavy (non-hydrogen) atoms. The molecule has 0 saturated carbocycles. The molecular formula is C18H36O3. The van der Waals surface area contributed by atoms with Crippen molar-refractivity contribution >= 4 is 11.6 Å². The van der Waals surface area contributed by atoms with E-state index >= 15 is 0 Å². The second-order valence-electron chi connectivity index (χ2n) is 6.45. The lowest BCUT2D eigenvalue weighted by Gasteiger charge is -2.11. The number of rotatable bonds is 10. The molecule has 0 radical (unpaired) electrons. The molecule has 0 spiro atoms. The first-order valence-corrected chi connectivity index (χ1v) is 8.43. The molecule has 0 saturated heterocycles. The zero-order chi connectivity index (χ0) is 16.8. The number of hydrogen-bond acceptors (Lipinski definition) is 3. The van der Waals surface area contributed by atoms with Crippen LogP contribution in [0, 0.1) is 11.8 Å². The van der Waals surface area contributed by atoms with Gasteiger partial charge in [-0.25, -0.2) is 0 Å². The van der Waals surface area contributed by atoms with Crippen LogP contribution in [0.2, 0.25) is 0 Å². The Bertz CT molecular complexity index is 270. The zero-order valence-electron chi connectivity index (χ0n) is 14.9. The number of aliphatic hydroxyl groups is 1. The van der Waals surface area contributed by atoms with Crippen molar-refractivity contribution in [2.45, 2.75) is 92.6 Å². The van der Waals surface area contributed by atoms with Crippen molar-refractivity contribution in [3.63, 3.8) is 0 Å². The highest BCUT2D eigenvalue weighted by molar-refractivity contribution is 5.80. The number of unbranched alkanes of at least 4 members (excludes halogenated alkanes) is 4. The average molecular weight is 300 g/mol.